The lowest BCUT2D eigenvalue weighted by molar-refractivity contribution is -0.384. The summed E-state index contributed by atoms with van der Waals surface area (Å²) in [5, 5.41) is 15.0. The van der Waals surface area contributed by atoms with Crippen molar-refractivity contribution in [3.63, 3.8) is 0 Å². The van der Waals surface area contributed by atoms with Crippen LogP contribution < -0.4 is 5.32 Å². The molecule has 0 aliphatic carbocycles. The van der Waals surface area contributed by atoms with Gasteiger partial charge in [-0.05, 0) is 47.0 Å². The second-order valence-electron chi connectivity index (χ2n) is 10.7. The highest BCUT2D eigenvalue weighted by Gasteiger charge is 2.70. The van der Waals surface area contributed by atoms with Gasteiger partial charge >= 0.3 is 0 Å². The lowest BCUT2D eigenvalue weighted by Crippen LogP contribution is -2.49. The van der Waals surface area contributed by atoms with Crippen LogP contribution in [-0.4, -0.2) is 33.3 Å². The molecule has 3 heterocycles. The van der Waals surface area contributed by atoms with Crippen LogP contribution in [0.2, 0.25) is 10.0 Å². The van der Waals surface area contributed by atoms with Gasteiger partial charge in [-0.15, -0.1) is 0 Å². The number of Topliss-reactive ketones (excluding diaryl/α,β-unsaturated/α-hetero) is 2. The van der Waals surface area contributed by atoms with E-state index in [9.17, 15) is 24.5 Å². The number of nitro benzene ring substituents is 1. The Morgan fingerprint density at radius 1 is 0.907 bits per heavy atom. The average molecular weight is 610 g/mol. The van der Waals surface area contributed by atoms with Crippen LogP contribution in [0.5, 0.6) is 0 Å². The van der Waals surface area contributed by atoms with Crippen molar-refractivity contribution in [2.75, 3.05) is 5.32 Å². The molecular weight excluding hydrogens is 589 g/mol. The molecule has 3 aliphatic rings. The molecule has 10 heteroatoms. The van der Waals surface area contributed by atoms with E-state index in [4.69, 9.17) is 23.2 Å². The first-order valence-electron chi connectivity index (χ1n) is 13.5. The third-order valence-corrected chi connectivity index (χ3v) is 9.21. The predicted octanol–water partition coefficient (Wildman–Crippen LogP) is 6.88. The van der Waals surface area contributed by atoms with Gasteiger partial charge in [-0.3, -0.25) is 24.5 Å². The molecule has 0 unspecified atom stereocenters. The lowest BCUT2D eigenvalue weighted by Gasteiger charge is -2.38. The van der Waals surface area contributed by atoms with Crippen LogP contribution >= 0.6 is 23.2 Å². The van der Waals surface area contributed by atoms with Crippen molar-refractivity contribution < 1.29 is 19.3 Å². The number of halogens is 2. The molecule has 0 radical (unpaired) electrons. The smallest absolute Gasteiger partial charge is 0.270 e. The Morgan fingerprint density at radius 3 is 2.47 bits per heavy atom. The van der Waals surface area contributed by atoms with Crippen molar-refractivity contribution in [2.24, 2.45) is 5.92 Å². The van der Waals surface area contributed by atoms with Crippen LogP contribution in [0.3, 0.4) is 0 Å². The van der Waals surface area contributed by atoms with Crippen molar-refractivity contribution in [1.82, 2.24) is 4.90 Å². The number of benzene rings is 4. The van der Waals surface area contributed by atoms with Crippen molar-refractivity contribution in [1.29, 1.82) is 0 Å². The van der Waals surface area contributed by atoms with E-state index in [2.05, 4.69) is 5.32 Å². The van der Waals surface area contributed by atoms with Gasteiger partial charge in [0.05, 0.1) is 21.9 Å². The largest absolute Gasteiger partial charge is 0.358 e. The number of carbonyl (C=O) groups excluding carboxylic acids is 3. The number of nitro groups is 1. The summed E-state index contributed by atoms with van der Waals surface area (Å²) >= 11 is 12.7. The summed E-state index contributed by atoms with van der Waals surface area (Å²) in [7, 11) is 0. The summed E-state index contributed by atoms with van der Waals surface area (Å²) < 4.78 is 0. The molecule has 3 aliphatic heterocycles. The lowest BCUT2D eigenvalue weighted by atomic mass is 9.62. The van der Waals surface area contributed by atoms with Crippen LogP contribution in [-0.2, 0) is 10.2 Å². The number of hydrogen-bond donors (Lipinski definition) is 1. The van der Waals surface area contributed by atoms with Crippen LogP contribution in [0.25, 0.3) is 6.08 Å². The fourth-order valence-corrected chi connectivity index (χ4v) is 7.47. The minimum absolute atomic E-state index is 0.0500. The minimum atomic E-state index is -1.56. The SMILES string of the molecule is O=C(c1cccc([N+](=O)[O-])c1)[C@@H]1[C@H](C(=O)c2ccc(Cl)cc2Cl)[C@@]2(C(=O)Nc3ccccc32)[C@H]2c3ccccc3C=CN12. The van der Waals surface area contributed by atoms with Crippen LogP contribution in [0.4, 0.5) is 11.4 Å². The van der Waals surface area contributed by atoms with Crippen LogP contribution in [0.1, 0.15) is 43.4 Å². The summed E-state index contributed by atoms with van der Waals surface area (Å²) in [5.74, 6) is -2.75. The average Bonchev–Trinajstić information content (AvgIpc) is 3.48. The maximum absolute atomic E-state index is 14.9. The summed E-state index contributed by atoms with van der Waals surface area (Å²) in [5.41, 5.74) is 1.09. The van der Waals surface area contributed by atoms with Crippen molar-refractivity contribution in [3.8, 4) is 0 Å². The maximum Gasteiger partial charge on any atom is 0.270 e. The van der Waals surface area contributed by atoms with E-state index in [1.54, 1.807) is 35.4 Å². The van der Waals surface area contributed by atoms with Crippen molar-refractivity contribution in [2.45, 2.75) is 17.5 Å². The molecule has 1 spiro atoms. The Bertz CT molecular complexity index is 1920. The number of anilines is 1. The first-order chi connectivity index (χ1) is 20.7. The van der Waals surface area contributed by atoms with Gasteiger partial charge in [0.1, 0.15) is 11.5 Å². The molecule has 43 heavy (non-hydrogen) atoms. The van der Waals surface area contributed by atoms with Crippen molar-refractivity contribution >= 4 is 58.1 Å². The van der Waals surface area contributed by atoms with E-state index in [0.29, 0.717) is 16.3 Å². The zero-order valence-corrected chi connectivity index (χ0v) is 23.8. The molecule has 212 valence electrons. The summed E-state index contributed by atoms with van der Waals surface area (Å²) in [6.07, 6.45) is 3.58. The molecule has 7 rings (SSSR count). The highest BCUT2D eigenvalue weighted by molar-refractivity contribution is 6.37. The van der Waals surface area contributed by atoms with E-state index < -0.39 is 45.8 Å². The Kier molecular flexibility index (Phi) is 6.23. The Labute approximate surface area is 255 Å². The van der Waals surface area contributed by atoms with E-state index in [-0.39, 0.29) is 21.8 Å². The minimum Gasteiger partial charge on any atom is -0.358 e. The Morgan fingerprint density at radius 2 is 1.67 bits per heavy atom. The van der Waals surface area contributed by atoms with Gasteiger partial charge in [-0.2, -0.15) is 0 Å². The van der Waals surface area contributed by atoms with Gasteiger partial charge in [0.25, 0.3) is 5.69 Å². The van der Waals surface area contributed by atoms with E-state index >= 15 is 0 Å². The van der Waals surface area contributed by atoms with E-state index in [1.807, 2.05) is 30.3 Å². The zero-order valence-electron chi connectivity index (χ0n) is 22.2. The molecule has 1 N–H and O–H groups in total. The number of nitrogens with one attached hydrogen (secondary N) is 1. The number of nitrogens with zero attached hydrogens (tertiary/aromatic N) is 2. The van der Waals surface area contributed by atoms with Gasteiger partial charge in [0.2, 0.25) is 5.91 Å². The number of ketones is 2. The summed E-state index contributed by atoms with van der Waals surface area (Å²) in [6, 6.07) is 22.6. The topological polar surface area (TPSA) is 110 Å². The quantitative estimate of drug-likeness (QED) is 0.150. The molecule has 4 aromatic rings. The molecule has 1 amide bonds. The molecule has 8 nitrogen and oxygen atoms in total. The third-order valence-electron chi connectivity index (χ3n) is 8.66. The molecule has 0 saturated carbocycles. The summed E-state index contributed by atoms with van der Waals surface area (Å²) in [6.45, 7) is 0. The second-order valence-corrected chi connectivity index (χ2v) is 11.6. The van der Waals surface area contributed by atoms with E-state index in [1.165, 1.54) is 42.5 Å². The normalized spacial score (nSPS) is 23.0. The molecule has 1 fully saturated rings. The number of rotatable bonds is 5. The molecular formula is C33H21Cl2N3O5. The summed E-state index contributed by atoms with van der Waals surface area (Å²) in [4.78, 5) is 56.7. The molecule has 0 bridgehead atoms. The number of hydrogen-bond acceptors (Lipinski definition) is 6. The van der Waals surface area contributed by atoms with Crippen LogP contribution in [0, 0.1) is 16.0 Å². The fourth-order valence-electron chi connectivity index (χ4n) is 6.97. The zero-order chi connectivity index (χ0) is 30.0. The molecule has 4 aromatic carbocycles. The number of non-ortho nitro benzene ring substituents is 1. The number of fused-ring (bicyclic) bond motifs is 6. The number of para-hydroxylation sites is 1. The van der Waals surface area contributed by atoms with E-state index in [0.717, 1.165) is 11.1 Å². The predicted molar refractivity (Wildman–Crippen MR) is 162 cm³/mol. The standard InChI is InChI=1S/C33H21Cl2N3O5/c34-20-12-13-23(25(35)17-20)30(40)27-28(29(39)19-7-5-8-21(16-19)38(42)43)37-15-14-18-6-1-2-9-22(18)31(37)33(27)24-10-3-4-11-26(24)36-32(33)41/h1-17,27-28,31H,(H,36,41)/t27-,28+,31-,33-/m1/s1. The molecule has 0 aromatic heterocycles. The first-order valence-corrected chi connectivity index (χ1v) is 14.2. The number of amides is 1. The van der Waals surface area contributed by atoms with Crippen molar-refractivity contribution in [3.05, 3.63) is 145 Å². The highest BCUT2D eigenvalue weighted by Crippen LogP contribution is 2.62. The maximum atomic E-state index is 14.9. The van der Waals surface area contributed by atoms with Gasteiger partial charge in [0, 0.05) is 40.2 Å². The van der Waals surface area contributed by atoms with Crippen LogP contribution in [0.15, 0.2) is 97.2 Å². The fraction of sp³-hybridized carbons (Fsp3) is 0.121. The molecule has 4 atom stereocenters. The first kappa shape index (κ1) is 27.1. The Balaban J connectivity index is 1.54. The monoisotopic (exact) mass is 609 g/mol. The number of carbonyl (C=O) groups is 3. The molecule has 1 saturated heterocycles. The highest BCUT2D eigenvalue weighted by atomic mass is 35.5. The Hall–Kier alpha value is -4.79. The van der Waals surface area contributed by atoms with Gasteiger partial charge < -0.3 is 10.2 Å². The second kappa shape index (κ2) is 9.90. The van der Waals surface area contributed by atoms with Gasteiger partial charge in [-0.25, -0.2) is 0 Å². The van der Waals surface area contributed by atoms with Gasteiger partial charge in [0.15, 0.2) is 11.6 Å². The van der Waals surface area contributed by atoms with Gasteiger partial charge in [-0.1, -0.05) is 77.8 Å². The third kappa shape index (κ3) is 3.87.